The molecule has 0 saturated carbocycles. The van der Waals surface area contributed by atoms with Crippen molar-refractivity contribution in [3.8, 4) is 5.75 Å². The molecule has 172 valence electrons. The number of amides is 1. The zero-order chi connectivity index (χ0) is 23.5. The minimum Gasteiger partial charge on any atom is -0.486 e. The van der Waals surface area contributed by atoms with Crippen LogP contribution in [0.3, 0.4) is 0 Å². The molecule has 34 heavy (non-hydrogen) atoms. The van der Waals surface area contributed by atoms with E-state index in [1.54, 1.807) is 16.8 Å². The fourth-order valence-electron chi connectivity index (χ4n) is 3.65. The fraction of sp³-hybridized carbons (Fsp3) is 0.160. The number of anilines is 1. The van der Waals surface area contributed by atoms with Crippen LogP contribution in [0.5, 0.6) is 5.75 Å². The van der Waals surface area contributed by atoms with Crippen molar-refractivity contribution in [1.29, 1.82) is 0 Å². The molecule has 0 bridgehead atoms. The minimum absolute atomic E-state index is 0.174. The molecule has 9 heteroatoms. The van der Waals surface area contributed by atoms with E-state index in [0.29, 0.717) is 21.7 Å². The molecule has 1 aromatic heterocycles. The number of nitrogens with one attached hydrogen (secondary N) is 2. The van der Waals surface area contributed by atoms with Gasteiger partial charge in [0.1, 0.15) is 17.6 Å². The highest BCUT2D eigenvalue weighted by Gasteiger charge is 2.38. The van der Waals surface area contributed by atoms with Crippen LogP contribution in [0, 0.1) is 6.92 Å². The van der Waals surface area contributed by atoms with Crippen LogP contribution in [-0.2, 0) is 11.4 Å². The molecule has 0 unspecified atom stereocenters. The van der Waals surface area contributed by atoms with Crippen molar-refractivity contribution in [2.45, 2.75) is 30.0 Å². The second-order valence-electron chi connectivity index (χ2n) is 7.86. The highest BCUT2D eigenvalue weighted by atomic mass is 35.5. The molecule has 2 N–H and O–H groups in total. The van der Waals surface area contributed by atoms with Gasteiger partial charge < -0.3 is 15.5 Å². The third kappa shape index (κ3) is 4.73. The molecule has 5 rings (SSSR count). The van der Waals surface area contributed by atoms with E-state index in [2.05, 4.69) is 20.9 Å². The van der Waals surface area contributed by atoms with E-state index in [4.69, 9.17) is 16.3 Å². The third-order valence-electron chi connectivity index (χ3n) is 5.44. The summed E-state index contributed by atoms with van der Waals surface area (Å²) in [5, 5.41) is 12.1. The molecule has 3 aromatic carbocycles. The van der Waals surface area contributed by atoms with Crippen molar-refractivity contribution >= 4 is 35.0 Å². The lowest BCUT2D eigenvalue weighted by atomic mass is 10.0. The van der Waals surface area contributed by atoms with E-state index in [1.165, 1.54) is 11.8 Å². The second kappa shape index (κ2) is 9.79. The first kappa shape index (κ1) is 22.3. The van der Waals surface area contributed by atoms with Gasteiger partial charge in [0.15, 0.2) is 5.82 Å². The number of aryl methyl sites for hydroxylation is 1. The van der Waals surface area contributed by atoms with Gasteiger partial charge in [0.05, 0.1) is 16.8 Å². The molecule has 1 aliphatic heterocycles. The number of hydrogen-bond donors (Lipinski definition) is 2. The van der Waals surface area contributed by atoms with Crippen LogP contribution in [0.4, 0.5) is 5.69 Å². The largest absolute Gasteiger partial charge is 0.486 e. The van der Waals surface area contributed by atoms with E-state index in [-0.39, 0.29) is 18.6 Å². The molecule has 0 saturated heterocycles. The quantitative estimate of drug-likeness (QED) is 0.385. The maximum absolute atomic E-state index is 13.4. The van der Waals surface area contributed by atoms with Crippen molar-refractivity contribution in [2.24, 2.45) is 0 Å². The Bertz CT molecular complexity index is 1300. The summed E-state index contributed by atoms with van der Waals surface area (Å²) in [6.07, 6.45) is 0. The van der Waals surface area contributed by atoms with Gasteiger partial charge in [-0.25, -0.2) is 4.68 Å². The predicted octanol–water partition coefficient (Wildman–Crippen LogP) is 5.22. The van der Waals surface area contributed by atoms with Crippen molar-refractivity contribution < 1.29 is 9.53 Å². The first-order chi connectivity index (χ1) is 16.6. The number of carbonyl (C=O) groups is 1. The number of halogens is 1. The van der Waals surface area contributed by atoms with E-state index in [0.717, 1.165) is 16.9 Å². The molecular weight excluding hydrogens is 470 g/mol. The lowest BCUT2D eigenvalue weighted by Crippen LogP contribution is -2.41. The summed E-state index contributed by atoms with van der Waals surface area (Å²) in [5.74, 6) is 1.19. The number of aromatic nitrogens is 3. The Morgan fingerprint density at radius 3 is 2.56 bits per heavy atom. The Balaban J connectivity index is 1.43. The highest BCUT2D eigenvalue weighted by Crippen LogP contribution is 2.38. The lowest BCUT2D eigenvalue weighted by molar-refractivity contribution is -0.116. The molecular formula is C25H22ClN5O2S. The molecule has 1 aliphatic rings. The smallest absolute Gasteiger partial charge is 0.240 e. The molecule has 2 atom stereocenters. The Kier molecular flexibility index (Phi) is 6.42. The Labute approximate surface area is 206 Å². The molecule has 0 radical (unpaired) electrons. The summed E-state index contributed by atoms with van der Waals surface area (Å²) >= 11 is 7.63. The van der Waals surface area contributed by atoms with Crippen LogP contribution in [0.1, 0.15) is 23.0 Å². The summed E-state index contributed by atoms with van der Waals surface area (Å²) < 4.78 is 7.68. The molecule has 0 fully saturated rings. The van der Waals surface area contributed by atoms with Gasteiger partial charge in [-0.3, -0.25) is 4.79 Å². The van der Waals surface area contributed by atoms with Gasteiger partial charge in [0, 0.05) is 0 Å². The SMILES string of the molecule is Cc1ccc([C@H]2Nn3c(COc4ccccc4)nnc3S[C@H]2C(=O)Nc2ccccc2Cl)cc1. The van der Waals surface area contributed by atoms with Crippen LogP contribution in [0.25, 0.3) is 0 Å². The monoisotopic (exact) mass is 491 g/mol. The summed E-state index contributed by atoms with van der Waals surface area (Å²) in [6.45, 7) is 2.27. The Hall–Kier alpha value is -3.49. The number of nitrogens with zero attached hydrogens (tertiary/aromatic N) is 3. The van der Waals surface area contributed by atoms with E-state index >= 15 is 0 Å². The van der Waals surface area contributed by atoms with Crippen molar-refractivity contribution in [1.82, 2.24) is 14.9 Å². The highest BCUT2D eigenvalue weighted by molar-refractivity contribution is 8.00. The predicted molar refractivity (Wildman–Crippen MR) is 134 cm³/mol. The van der Waals surface area contributed by atoms with Gasteiger partial charge in [-0.15, -0.1) is 10.2 Å². The average Bonchev–Trinajstić information content (AvgIpc) is 3.26. The summed E-state index contributed by atoms with van der Waals surface area (Å²) in [5.41, 5.74) is 6.14. The van der Waals surface area contributed by atoms with Gasteiger partial charge in [-0.2, -0.15) is 0 Å². The number of carbonyl (C=O) groups excluding carboxylic acids is 1. The van der Waals surface area contributed by atoms with E-state index in [1.807, 2.05) is 73.7 Å². The number of ether oxygens (including phenoxy) is 1. The summed E-state index contributed by atoms with van der Waals surface area (Å²) in [7, 11) is 0. The Morgan fingerprint density at radius 2 is 1.79 bits per heavy atom. The number of hydrogen-bond acceptors (Lipinski definition) is 6. The molecule has 7 nitrogen and oxygen atoms in total. The topological polar surface area (TPSA) is 81.1 Å². The van der Waals surface area contributed by atoms with Gasteiger partial charge in [-0.05, 0) is 36.8 Å². The molecule has 2 heterocycles. The van der Waals surface area contributed by atoms with Crippen LogP contribution >= 0.6 is 23.4 Å². The zero-order valence-corrected chi connectivity index (χ0v) is 19.9. The van der Waals surface area contributed by atoms with Gasteiger partial charge in [0.2, 0.25) is 11.1 Å². The second-order valence-corrected chi connectivity index (χ2v) is 9.38. The van der Waals surface area contributed by atoms with Gasteiger partial charge in [-0.1, -0.05) is 83.5 Å². The number of benzene rings is 3. The molecule has 4 aromatic rings. The van der Waals surface area contributed by atoms with Crippen LogP contribution in [-0.4, -0.2) is 26.0 Å². The molecule has 1 amide bonds. The fourth-order valence-corrected chi connectivity index (χ4v) is 4.93. The van der Waals surface area contributed by atoms with Crippen LogP contribution in [0.2, 0.25) is 5.02 Å². The first-order valence-corrected chi connectivity index (χ1v) is 12.0. The lowest BCUT2D eigenvalue weighted by Gasteiger charge is -2.33. The van der Waals surface area contributed by atoms with Gasteiger partial charge >= 0.3 is 0 Å². The average molecular weight is 492 g/mol. The van der Waals surface area contributed by atoms with Crippen molar-refractivity contribution in [3.05, 3.63) is 101 Å². The molecule has 0 spiro atoms. The first-order valence-electron chi connectivity index (χ1n) is 10.8. The standard InChI is InChI=1S/C25H22ClN5O2S/c1-16-11-13-17(14-12-16)22-23(24(32)27-20-10-6-5-9-19(20)26)34-25-29-28-21(31(25)30-22)15-33-18-7-3-2-4-8-18/h2-14,22-23,30H,15H2,1H3,(H,27,32)/t22-,23-/m1/s1. The Morgan fingerprint density at radius 1 is 1.06 bits per heavy atom. The maximum atomic E-state index is 13.4. The summed E-state index contributed by atoms with van der Waals surface area (Å²) in [6, 6.07) is 24.5. The third-order valence-corrected chi connectivity index (χ3v) is 6.99. The van der Waals surface area contributed by atoms with Crippen LogP contribution < -0.4 is 15.5 Å². The summed E-state index contributed by atoms with van der Waals surface area (Å²) in [4.78, 5) is 13.4. The van der Waals surface area contributed by atoms with Crippen molar-refractivity contribution in [3.63, 3.8) is 0 Å². The number of rotatable bonds is 6. The maximum Gasteiger partial charge on any atom is 0.240 e. The van der Waals surface area contributed by atoms with E-state index in [9.17, 15) is 4.79 Å². The zero-order valence-electron chi connectivity index (χ0n) is 18.3. The molecule has 0 aliphatic carbocycles. The normalized spacial score (nSPS) is 16.9. The van der Waals surface area contributed by atoms with Crippen LogP contribution in [0.15, 0.2) is 84.0 Å². The van der Waals surface area contributed by atoms with Gasteiger partial charge in [0.25, 0.3) is 0 Å². The number of thioether (sulfide) groups is 1. The minimum atomic E-state index is -0.501. The number of para-hydroxylation sites is 2. The van der Waals surface area contributed by atoms with E-state index < -0.39 is 5.25 Å². The number of fused-ring (bicyclic) bond motifs is 1. The van der Waals surface area contributed by atoms with Crippen molar-refractivity contribution in [2.75, 3.05) is 10.7 Å².